The molecule has 5 nitrogen and oxygen atoms in total. The third-order valence-electron chi connectivity index (χ3n) is 4.27. The highest BCUT2D eigenvalue weighted by molar-refractivity contribution is 5.91. The standard InChI is InChI=1S/C17H20N2O3/c18-12-13-4-6-14(7-5-13)19-15(20)10-17(11-16(21)22)8-2-1-3-9-17/h4-7H,1-3,8-11H2,(H,19,20)(H,21,22). The predicted molar refractivity (Wildman–Crippen MR) is 82.2 cm³/mol. The maximum Gasteiger partial charge on any atom is 0.303 e. The van der Waals surface area contributed by atoms with Crippen molar-refractivity contribution in [3.05, 3.63) is 29.8 Å². The Labute approximate surface area is 129 Å². The third-order valence-corrected chi connectivity index (χ3v) is 4.27. The molecule has 22 heavy (non-hydrogen) atoms. The van der Waals surface area contributed by atoms with Crippen molar-refractivity contribution >= 4 is 17.6 Å². The zero-order valence-corrected chi connectivity index (χ0v) is 12.5. The number of anilines is 1. The van der Waals surface area contributed by atoms with Crippen LogP contribution in [0.2, 0.25) is 0 Å². The molecule has 0 radical (unpaired) electrons. The normalized spacial score (nSPS) is 16.5. The molecule has 1 saturated carbocycles. The van der Waals surface area contributed by atoms with E-state index in [0.717, 1.165) is 32.1 Å². The van der Waals surface area contributed by atoms with E-state index < -0.39 is 11.4 Å². The summed E-state index contributed by atoms with van der Waals surface area (Å²) >= 11 is 0. The van der Waals surface area contributed by atoms with Crippen LogP contribution in [0.15, 0.2) is 24.3 Å². The third kappa shape index (κ3) is 4.32. The first-order valence-electron chi connectivity index (χ1n) is 7.55. The molecule has 1 aliphatic carbocycles. The molecule has 2 N–H and O–H groups in total. The number of hydrogen-bond donors (Lipinski definition) is 2. The molecule has 1 fully saturated rings. The lowest BCUT2D eigenvalue weighted by molar-refractivity contribution is -0.140. The average molecular weight is 300 g/mol. The van der Waals surface area contributed by atoms with E-state index in [1.165, 1.54) is 0 Å². The fourth-order valence-electron chi connectivity index (χ4n) is 3.21. The SMILES string of the molecule is N#Cc1ccc(NC(=O)CC2(CC(=O)O)CCCCC2)cc1. The number of aliphatic carboxylic acids is 1. The number of nitrogens with zero attached hydrogens (tertiary/aromatic N) is 1. The van der Waals surface area contributed by atoms with Gasteiger partial charge in [-0.25, -0.2) is 0 Å². The number of benzene rings is 1. The van der Waals surface area contributed by atoms with Crippen molar-refractivity contribution in [3.8, 4) is 6.07 Å². The van der Waals surface area contributed by atoms with Crippen LogP contribution in [0.25, 0.3) is 0 Å². The molecule has 0 bridgehead atoms. The number of carboxylic acids is 1. The number of nitrogens with one attached hydrogen (secondary N) is 1. The minimum absolute atomic E-state index is 0.0494. The highest BCUT2D eigenvalue weighted by Crippen LogP contribution is 2.42. The molecular weight excluding hydrogens is 280 g/mol. The van der Waals surface area contributed by atoms with E-state index in [2.05, 4.69) is 5.32 Å². The number of rotatable bonds is 5. The van der Waals surface area contributed by atoms with Crippen molar-refractivity contribution in [1.82, 2.24) is 0 Å². The Balaban J connectivity index is 2.01. The summed E-state index contributed by atoms with van der Waals surface area (Å²) in [6.45, 7) is 0. The van der Waals surface area contributed by atoms with Gasteiger partial charge in [0.1, 0.15) is 0 Å². The van der Waals surface area contributed by atoms with Crippen LogP contribution in [-0.2, 0) is 9.59 Å². The lowest BCUT2D eigenvalue weighted by Gasteiger charge is -2.35. The molecule has 0 heterocycles. The molecule has 2 rings (SSSR count). The molecule has 0 aromatic heterocycles. The van der Waals surface area contributed by atoms with Crippen molar-refractivity contribution in [2.24, 2.45) is 5.41 Å². The molecular formula is C17H20N2O3. The quantitative estimate of drug-likeness (QED) is 0.872. The summed E-state index contributed by atoms with van der Waals surface area (Å²) in [6, 6.07) is 8.67. The lowest BCUT2D eigenvalue weighted by atomic mass is 9.69. The summed E-state index contributed by atoms with van der Waals surface area (Å²) in [6.07, 6.45) is 4.95. The van der Waals surface area contributed by atoms with E-state index in [-0.39, 0.29) is 18.7 Å². The van der Waals surface area contributed by atoms with E-state index in [1.807, 2.05) is 6.07 Å². The van der Waals surface area contributed by atoms with Gasteiger partial charge in [-0.15, -0.1) is 0 Å². The summed E-state index contributed by atoms with van der Waals surface area (Å²) < 4.78 is 0. The largest absolute Gasteiger partial charge is 0.481 e. The first kappa shape index (κ1) is 16.0. The Morgan fingerprint density at radius 2 is 1.77 bits per heavy atom. The first-order chi connectivity index (χ1) is 10.5. The van der Waals surface area contributed by atoms with Crippen LogP contribution in [0.1, 0.15) is 50.5 Å². The van der Waals surface area contributed by atoms with Gasteiger partial charge in [0.25, 0.3) is 0 Å². The van der Waals surface area contributed by atoms with Gasteiger partial charge in [-0.05, 0) is 42.5 Å². The maximum absolute atomic E-state index is 12.3. The molecule has 1 amide bonds. The van der Waals surface area contributed by atoms with Crippen LogP contribution in [0.3, 0.4) is 0 Å². The van der Waals surface area contributed by atoms with Gasteiger partial charge in [0.15, 0.2) is 0 Å². The Hall–Kier alpha value is -2.35. The van der Waals surface area contributed by atoms with Gasteiger partial charge in [-0.3, -0.25) is 9.59 Å². The monoisotopic (exact) mass is 300 g/mol. The Morgan fingerprint density at radius 3 is 2.32 bits per heavy atom. The van der Waals surface area contributed by atoms with E-state index in [9.17, 15) is 9.59 Å². The summed E-state index contributed by atoms with van der Waals surface area (Å²) in [5, 5.41) is 20.7. The van der Waals surface area contributed by atoms with E-state index in [0.29, 0.717) is 11.3 Å². The highest BCUT2D eigenvalue weighted by Gasteiger charge is 2.36. The maximum atomic E-state index is 12.3. The molecule has 0 unspecified atom stereocenters. The topological polar surface area (TPSA) is 90.2 Å². The van der Waals surface area contributed by atoms with Crippen LogP contribution < -0.4 is 5.32 Å². The fourth-order valence-corrected chi connectivity index (χ4v) is 3.21. The number of amides is 1. The van der Waals surface area contributed by atoms with Gasteiger partial charge in [0, 0.05) is 12.1 Å². The molecule has 0 aliphatic heterocycles. The Morgan fingerprint density at radius 1 is 1.14 bits per heavy atom. The molecule has 1 aromatic carbocycles. The van der Waals surface area contributed by atoms with Crippen molar-refractivity contribution in [2.75, 3.05) is 5.32 Å². The van der Waals surface area contributed by atoms with Crippen molar-refractivity contribution in [1.29, 1.82) is 5.26 Å². The molecule has 1 aromatic rings. The van der Waals surface area contributed by atoms with E-state index >= 15 is 0 Å². The highest BCUT2D eigenvalue weighted by atomic mass is 16.4. The average Bonchev–Trinajstić information content (AvgIpc) is 2.47. The molecule has 116 valence electrons. The van der Waals surface area contributed by atoms with Gasteiger partial charge < -0.3 is 10.4 Å². The molecule has 1 aliphatic rings. The Bertz CT molecular complexity index is 581. The van der Waals surface area contributed by atoms with Gasteiger partial charge >= 0.3 is 5.97 Å². The van der Waals surface area contributed by atoms with Crippen molar-refractivity contribution in [3.63, 3.8) is 0 Å². The van der Waals surface area contributed by atoms with Gasteiger partial charge in [0.05, 0.1) is 18.1 Å². The fraction of sp³-hybridized carbons (Fsp3) is 0.471. The minimum Gasteiger partial charge on any atom is -0.481 e. The van der Waals surface area contributed by atoms with Crippen molar-refractivity contribution in [2.45, 2.75) is 44.9 Å². The van der Waals surface area contributed by atoms with E-state index in [4.69, 9.17) is 10.4 Å². The number of nitriles is 1. The number of carboxylic acid groups (broad SMARTS) is 1. The van der Waals surface area contributed by atoms with Crippen molar-refractivity contribution < 1.29 is 14.7 Å². The van der Waals surface area contributed by atoms with Gasteiger partial charge in [-0.2, -0.15) is 5.26 Å². The zero-order chi connectivity index (χ0) is 16.0. The molecule has 0 saturated heterocycles. The zero-order valence-electron chi connectivity index (χ0n) is 12.5. The lowest BCUT2D eigenvalue weighted by Crippen LogP contribution is -2.32. The second kappa shape index (κ2) is 7.08. The summed E-state index contributed by atoms with van der Waals surface area (Å²) in [4.78, 5) is 23.4. The van der Waals surface area contributed by atoms with Crippen LogP contribution in [0.4, 0.5) is 5.69 Å². The summed E-state index contributed by atoms with van der Waals surface area (Å²) in [5.74, 6) is -0.999. The second-order valence-corrected chi connectivity index (χ2v) is 6.05. The molecule has 0 atom stereocenters. The molecule has 5 heteroatoms. The number of carbonyl (C=O) groups is 2. The number of hydrogen-bond acceptors (Lipinski definition) is 3. The summed E-state index contributed by atoms with van der Waals surface area (Å²) in [7, 11) is 0. The van der Waals surface area contributed by atoms with Crippen LogP contribution in [0, 0.1) is 16.7 Å². The van der Waals surface area contributed by atoms with Crippen LogP contribution in [0.5, 0.6) is 0 Å². The van der Waals surface area contributed by atoms with E-state index in [1.54, 1.807) is 24.3 Å². The van der Waals surface area contributed by atoms with Gasteiger partial charge in [0.2, 0.25) is 5.91 Å². The predicted octanol–water partition coefficient (Wildman–Crippen LogP) is 3.31. The second-order valence-electron chi connectivity index (χ2n) is 6.05. The molecule has 0 spiro atoms. The van der Waals surface area contributed by atoms with Crippen LogP contribution >= 0.6 is 0 Å². The summed E-state index contributed by atoms with van der Waals surface area (Å²) in [5.41, 5.74) is 0.749. The smallest absolute Gasteiger partial charge is 0.303 e. The minimum atomic E-state index is -0.840. The van der Waals surface area contributed by atoms with Gasteiger partial charge in [-0.1, -0.05) is 19.3 Å². The first-order valence-corrected chi connectivity index (χ1v) is 7.55. The number of carbonyl (C=O) groups excluding carboxylic acids is 1. The Kier molecular flexibility index (Phi) is 5.16. The van der Waals surface area contributed by atoms with Crippen LogP contribution in [-0.4, -0.2) is 17.0 Å².